The van der Waals surface area contributed by atoms with Crippen LogP contribution in [0.3, 0.4) is 0 Å². The zero-order chi connectivity index (χ0) is 22.1. The van der Waals surface area contributed by atoms with E-state index in [0.717, 1.165) is 22.6 Å². The van der Waals surface area contributed by atoms with Crippen molar-refractivity contribution >= 4 is 23.5 Å². The molecule has 3 rings (SSSR count). The summed E-state index contributed by atoms with van der Waals surface area (Å²) in [4.78, 5) is 35.8. The molecule has 1 aliphatic rings. The molecule has 0 radical (unpaired) electrons. The fourth-order valence-electron chi connectivity index (χ4n) is 3.46. The molecule has 0 spiro atoms. The fraction of sp³-hybridized carbons (Fsp3) is 0.375. The monoisotopic (exact) mass is 424 g/mol. The molecule has 0 saturated carbocycles. The maximum atomic E-state index is 12.4. The number of aryl methyl sites for hydroxylation is 1. The van der Waals surface area contributed by atoms with Gasteiger partial charge in [-0.1, -0.05) is 30.3 Å². The SMILES string of the molecule is CCOC(=O)CC(NC(=O)CCCOc1ccc2c(c1)CCC(=O)N2)c1ccccc1. The van der Waals surface area contributed by atoms with Crippen LogP contribution in [0.15, 0.2) is 48.5 Å². The van der Waals surface area contributed by atoms with E-state index in [9.17, 15) is 14.4 Å². The van der Waals surface area contributed by atoms with Crippen molar-refractivity contribution in [1.82, 2.24) is 5.32 Å². The molecule has 2 amide bonds. The van der Waals surface area contributed by atoms with E-state index in [4.69, 9.17) is 9.47 Å². The number of carbonyl (C=O) groups is 3. The molecule has 1 unspecified atom stereocenters. The third-order valence-corrected chi connectivity index (χ3v) is 5.00. The topological polar surface area (TPSA) is 93.7 Å². The molecular weight excluding hydrogens is 396 g/mol. The van der Waals surface area contributed by atoms with E-state index in [-0.39, 0.29) is 30.6 Å². The molecule has 2 N–H and O–H groups in total. The van der Waals surface area contributed by atoms with Crippen LogP contribution in [0.25, 0.3) is 0 Å². The van der Waals surface area contributed by atoms with Crippen molar-refractivity contribution in [3.63, 3.8) is 0 Å². The molecule has 0 aromatic heterocycles. The lowest BCUT2D eigenvalue weighted by Crippen LogP contribution is -2.30. The Kier molecular flexibility index (Phi) is 8.04. The minimum Gasteiger partial charge on any atom is -0.494 e. The van der Waals surface area contributed by atoms with Gasteiger partial charge in [-0.3, -0.25) is 14.4 Å². The van der Waals surface area contributed by atoms with Gasteiger partial charge in [-0.05, 0) is 49.1 Å². The first-order chi connectivity index (χ1) is 15.0. The summed E-state index contributed by atoms with van der Waals surface area (Å²) in [6.07, 6.45) is 2.09. The van der Waals surface area contributed by atoms with Gasteiger partial charge in [-0.2, -0.15) is 0 Å². The van der Waals surface area contributed by atoms with E-state index in [0.29, 0.717) is 32.5 Å². The molecule has 164 valence electrons. The average Bonchev–Trinajstić information content (AvgIpc) is 2.77. The largest absolute Gasteiger partial charge is 0.494 e. The van der Waals surface area contributed by atoms with Crippen molar-refractivity contribution < 1.29 is 23.9 Å². The van der Waals surface area contributed by atoms with Gasteiger partial charge in [0.25, 0.3) is 0 Å². The van der Waals surface area contributed by atoms with Crippen molar-refractivity contribution in [3.8, 4) is 5.75 Å². The lowest BCUT2D eigenvalue weighted by atomic mass is 10.0. The van der Waals surface area contributed by atoms with Gasteiger partial charge in [0.15, 0.2) is 0 Å². The highest BCUT2D eigenvalue weighted by Gasteiger charge is 2.19. The molecule has 31 heavy (non-hydrogen) atoms. The van der Waals surface area contributed by atoms with Crippen molar-refractivity contribution in [3.05, 3.63) is 59.7 Å². The average molecular weight is 424 g/mol. The van der Waals surface area contributed by atoms with Gasteiger partial charge in [0.05, 0.1) is 25.7 Å². The van der Waals surface area contributed by atoms with E-state index in [1.807, 2.05) is 48.5 Å². The number of hydrogen-bond donors (Lipinski definition) is 2. The fourth-order valence-corrected chi connectivity index (χ4v) is 3.46. The maximum Gasteiger partial charge on any atom is 0.308 e. The lowest BCUT2D eigenvalue weighted by molar-refractivity contribution is -0.143. The highest BCUT2D eigenvalue weighted by Crippen LogP contribution is 2.27. The van der Waals surface area contributed by atoms with Crippen molar-refractivity contribution in [2.75, 3.05) is 18.5 Å². The Morgan fingerprint density at radius 3 is 2.71 bits per heavy atom. The number of benzene rings is 2. The molecule has 0 fully saturated rings. The molecule has 7 heteroatoms. The second-order valence-electron chi connectivity index (χ2n) is 7.36. The van der Waals surface area contributed by atoms with Crippen LogP contribution in [0.4, 0.5) is 5.69 Å². The number of rotatable bonds is 10. The van der Waals surface area contributed by atoms with Crippen LogP contribution >= 0.6 is 0 Å². The number of carbonyl (C=O) groups excluding carboxylic acids is 3. The summed E-state index contributed by atoms with van der Waals surface area (Å²) in [6.45, 7) is 2.46. The molecule has 7 nitrogen and oxygen atoms in total. The first kappa shape index (κ1) is 22.3. The van der Waals surface area contributed by atoms with Crippen LogP contribution in [0.1, 0.15) is 49.8 Å². The molecule has 1 aliphatic heterocycles. The number of esters is 1. The minimum absolute atomic E-state index is 0.0314. The van der Waals surface area contributed by atoms with Gasteiger partial charge in [-0.15, -0.1) is 0 Å². The Morgan fingerprint density at radius 2 is 1.94 bits per heavy atom. The predicted octanol–water partition coefficient (Wildman–Crippen LogP) is 3.54. The van der Waals surface area contributed by atoms with Gasteiger partial charge in [-0.25, -0.2) is 0 Å². The van der Waals surface area contributed by atoms with E-state index in [1.54, 1.807) is 6.92 Å². The smallest absolute Gasteiger partial charge is 0.308 e. The molecule has 2 aromatic carbocycles. The number of ether oxygens (including phenoxy) is 2. The molecule has 0 bridgehead atoms. The number of nitrogens with one attached hydrogen (secondary N) is 2. The van der Waals surface area contributed by atoms with Gasteiger partial charge in [0, 0.05) is 18.5 Å². The maximum absolute atomic E-state index is 12.4. The summed E-state index contributed by atoms with van der Waals surface area (Å²) >= 11 is 0. The standard InChI is InChI=1S/C24H28N2O5/c1-2-30-24(29)16-21(17-7-4-3-5-8-17)26-22(27)9-6-14-31-19-11-12-20-18(15-19)10-13-23(28)25-20/h3-5,7-8,11-12,15,21H,2,6,9-10,13-14,16H2,1H3,(H,25,28)(H,26,27). The van der Waals surface area contributed by atoms with Gasteiger partial charge in [0.2, 0.25) is 11.8 Å². The number of amides is 2. The second-order valence-corrected chi connectivity index (χ2v) is 7.36. The van der Waals surface area contributed by atoms with E-state index in [2.05, 4.69) is 10.6 Å². The zero-order valence-corrected chi connectivity index (χ0v) is 17.7. The Balaban J connectivity index is 1.47. The van der Waals surface area contributed by atoms with Crippen LogP contribution in [-0.4, -0.2) is 31.0 Å². The third-order valence-electron chi connectivity index (χ3n) is 5.00. The van der Waals surface area contributed by atoms with Gasteiger partial charge < -0.3 is 20.1 Å². The highest BCUT2D eigenvalue weighted by molar-refractivity contribution is 5.94. The first-order valence-corrected chi connectivity index (χ1v) is 10.6. The third kappa shape index (κ3) is 6.84. The van der Waals surface area contributed by atoms with Crippen molar-refractivity contribution in [1.29, 1.82) is 0 Å². The minimum atomic E-state index is -0.426. The molecule has 2 aromatic rings. The van der Waals surface area contributed by atoms with Crippen molar-refractivity contribution in [2.45, 2.75) is 45.1 Å². The summed E-state index contributed by atoms with van der Waals surface area (Å²) < 4.78 is 10.8. The van der Waals surface area contributed by atoms with E-state index < -0.39 is 6.04 Å². The number of anilines is 1. The van der Waals surface area contributed by atoms with Crippen LogP contribution in [0.5, 0.6) is 5.75 Å². The van der Waals surface area contributed by atoms with Gasteiger partial charge in [0.1, 0.15) is 5.75 Å². The highest BCUT2D eigenvalue weighted by atomic mass is 16.5. The summed E-state index contributed by atoms with van der Waals surface area (Å²) in [5, 5.41) is 5.77. The first-order valence-electron chi connectivity index (χ1n) is 10.6. The second kappa shape index (κ2) is 11.2. The lowest BCUT2D eigenvalue weighted by Gasteiger charge is -2.19. The molecular formula is C24H28N2O5. The molecule has 1 atom stereocenters. The van der Waals surface area contributed by atoms with Gasteiger partial charge >= 0.3 is 5.97 Å². The molecule has 0 aliphatic carbocycles. The van der Waals surface area contributed by atoms with Crippen LogP contribution in [0, 0.1) is 0 Å². The normalized spacial score (nSPS) is 13.5. The Bertz CT molecular complexity index is 913. The zero-order valence-electron chi connectivity index (χ0n) is 17.7. The number of fused-ring (bicyclic) bond motifs is 1. The Hall–Kier alpha value is -3.35. The molecule has 0 saturated heterocycles. The Morgan fingerprint density at radius 1 is 1.13 bits per heavy atom. The summed E-state index contributed by atoms with van der Waals surface area (Å²) in [6, 6.07) is 14.6. The van der Waals surface area contributed by atoms with E-state index >= 15 is 0 Å². The summed E-state index contributed by atoms with van der Waals surface area (Å²) in [7, 11) is 0. The summed E-state index contributed by atoms with van der Waals surface area (Å²) in [5.41, 5.74) is 2.75. The predicted molar refractivity (Wildman–Crippen MR) is 117 cm³/mol. The van der Waals surface area contributed by atoms with Crippen LogP contribution in [-0.2, 0) is 25.5 Å². The van der Waals surface area contributed by atoms with Crippen molar-refractivity contribution in [2.24, 2.45) is 0 Å². The Labute approximate surface area is 182 Å². The van der Waals surface area contributed by atoms with Crippen LogP contribution in [0.2, 0.25) is 0 Å². The summed E-state index contributed by atoms with van der Waals surface area (Å²) in [5.74, 6) is 0.266. The quantitative estimate of drug-likeness (QED) is 0.449. The van der Waals surface area contributed by atoms with E-state index in [1.165, 1.54) is 0 Å². The molecule has 1 heterocycles. The number of hydrogen-bond acceptors (Lipinski definition) is 5. The van der Waals surface area contributed by atoms with Crippen LogP contribution < -0.4 is 15.4 Å².